The zero-order valence-electron chi connectivity index (χ0n) is 12.8. The summed E-state index contributed by atoms with van der Waals surface area (Å²) in [6.07, 6.45) is 0.634. The average molecular weight is 281 g/mol. The number of ether oxygens (including phenoxy) is 2. The number of nitrogens with one attached hydrogen (secondary N) is 1. The molecule has 0 aliphatic rings. The van der Waals surface area contributed by atoms with E-state index in [-0.39, 0.29) is 6.10 Å². The van der Waals surface area contributed by atoms with Crippen molar-refractivity contribution in [1.82, 2.24) is 5.32 Å². The van der Waals surface area contributed by atoms with Crippen LogP contribution in [0, 0.1) is 0 Å². The van der Waals surface area contributed by atoms with Crippen LogP contribution in [0.15, 0.2) is 24.3 Å². The minimum Gasteiger partial charge on any atom is -0.491 e. The molecule has 0 fully saturated rings. The molecule has 0 heterocycles. The van der Waals surface area contributed by atoms with Crippen LogP contribution in [0.3, 0.4) is 0 Å². The fourth-order valence-corrected chi connectivity index (χ4v) is 1.84. The van der Waals surface area contributed by atoms with E-state index in [4.69, 9.17) is 9.47 Å². The highest BCUT2D eigenvalue weighted by Crippen LogP contribution is 2.18. The Kier molecular flexibility index (Phi) is 8.26. The first-order valence-electron chi connectivity index (χ1n) is 7.36. The lowest BCUT2D eigenvalue weighted by molar-refractivity contribution is 0.141. The van der Waals surface area contributed by atoms with Crippen molar-refractivity contribution in [1.29, 1.82) is 0 Å². The molecule has 1 rings (SSSR count). The molecular formula is C16H27NO3. The standard InChI is InChI=1S/C16H27NO3/c1-4-19-11-5-10-17-12-16(18)14-6-8-15(9-7-14)20-13(2)3/h6-9,13,16-18H,4-5,10-12H2,1-3H3. The van der Waals surface area contributed by atoms with Gasteiger partial charge < -0.3 is 19.9 Å². The number of benzene rings is 1. The summed E-state index contributed by atoms with van der Waals surface area (Å²) in [5, 5.41) is 13.3. The number of hydrogen-bond acceptors (Lipinski definition) is 4. The lowest BCUT2D eigenvalue weighted by Gasteiger charge is -2.14. The molecule has 0 aliphatic heterocycles. The normalized spacial score (nSPS) is 12.7. The quantitative estimate of drug-likeness (QED) is 0.647. The van der Waals surface area contributed by atoms with E-state index < -0.39 is 6.10 Å². The molecule has 0 saturated heterocycles. The summed E-state index contributed by atoms with van der Waals surface area (Å²) in [5.74, 6) is 0.834. The highest BCUT2D eigenvalue weighted by Gasteiger charge is 2.07. The van der Waals surface area contributed by atoms with Gasteiger partial charge in [0.2, 0.25) is 0 Å². The third-order valence-corrected chi connectivity index (χ3v) is 2.82. The molecule has 1 aromatic rings. The predicted molar refractivity (Wildman–Crippen MR) is 81.1 cm³/mol. The molecule has 0 saturated carbocycles. The Hall–Kier alpha value is -1.10. The third-order valence-electron chi connectivity index (χ3n) is 2.82. The molecule has 0 bridgehead atoms. The highest BCUT2D eigenvalue weighted by atomic mass is 16.5. The van der Waals surface area contributed by atoms with Crippen molar-refractivity contribution < 1.29 is 14.6 Å². The molecule has 0 aromatic heterocycles. The minimum atomic E-state index is -0.491. The van der Waals surface area contributed by atoms with Crippen LogP contribution in [0.1, 0.15) is 38.9 Å². The van der Waals surface area contributed by atoms with Crippen LogP contribution >= 0.6 is 0 Å². The van der Waals surface area contributed by atoms with Crippen molar-refractivity contribution in [3.8, 4) is 5.75 Å². The summed E-state index contributed by atoms with van der Waals surface area (Å²) in [5.41, 5.74) is 0.901. The first kappa shape index (κ1) is 17.0. The van der Waals surface area contributed by atoms with Crippen LogP contribution in [0.5, 0.6) is 5.75 Å². The van der Waals surface area contributed by atoms with E-state index in [0.29, 0.717) is 6.54 Å². The fraction of sp³-hybridized carbons (Fsp3) is 0.625. The molecule has 0 aliphatic carbocycles. The van der Waals surface area contributed by atoms with Gasteiger partial charge in [-0.25, -0.2) is 0 Å². The summed E-state index contributed by atoms with van der Waals surface area (Å²) >= 11 is 0. The molecule has 1 atom stereocenters. The van der Waals surface area contributed by atoms with Gasteiger partial charge >= 0.3 is 0 Å². The number of aliphatic hydroxyl groups is 1. The predicted octanol–water partition coefficient (Wildman–Crippen LogP) is 2.52. The summed E-state index contributed by atoms with van der Waals surface area (Å²) < 4.78 is 10.8. The number of rotatable bonds is 10. The molecule has 1 aromatic carbocycles. The Bertz CT molecular complexity index is 351. The lowest BCUT2D eigenvalue weighted by Crippen LogP contribution is -2.23. The van der Waals surface area contributed by atoms with Crippen molar-refractivity contribution in [3.05, 3.63) is 29.8 Å². The zero-order chi connectivity index (χ0) is 14.8. The molecule has 0 spiro atoms. The van der Waals surface area contributed by atoms with Gasteiger partial charge in [-0.2, -0.15) is 0 Å². The van der Waals surface area contributed by atoms with Gasteiger partial charge in [0, 0.05) is 19.8 Å². The summed E-state index contributed by atoms with van der Waals surface area (Å²) in [4.78, 5) is 0. The highest BCUT2D eigenvalue weighted by molar-refractivity contribution is 5.28. The number of hydrogen-bond donors (Lipinski definition) is 2. The second-order valence-electron chi connectivity index (χ2n) is 5.01. The van der Waals surface area contributed by atoms with Crippen LogP contribution in [-0.4, -0.2) is 37.5 Å². The first-order valence-corrected chi connectivity index (χ1v) is 7.36. The Morgan fingerprint density at radius 2 is 1.90 bits per heavy atom. The second-order valence-corrected chi connectivity index (χ2v) is 5.01. The monoisotopic (exact) mass is 281 g/mol. The van der Waals surface area contributed by atoms with Crippen LogP contribution in [0.4, 0.5) is 0 Å². The molecule has 2 N–H and O–H groups in total. The van der Waals surface area contributed by atoms with Crippen LogP contribution < -0.4 is 10.1 Å². The topological polar surface area (TPSA) is 50.7 Å². The maximum Gasteiger partial charge on any atom is 0.119 e. The fourth-order valence-electron chi connectivity index (χ4n) is 1.84. The van der Waals surface area contributed by atoms with E-state index in [1.54, 1.807) is 0 Å². The van der Waals surface area contributed by atoms with E-state index >= 15 is 0 Å². The SMILES string of the molecule is CCOCCCNCC(O)c1ccc(OC(C)C)cc1. The van der Waals surface area contributed by atoms with Crippen molar-refractivity contribution >= 4 is 0 Å². The summed E-state index contributed by atoms with van der Waals surface area (Å²) in [6, 6.07) is 7.61. The number of aliphatic hydroxyl groups excluding tert-OH is 1. The Morgan fingerprint density at radius 1 is 1.20 bits per heavy atom. The minimum absolute atomic E-state index is 0.165. The van der Waals surface area contributed by atoms with Crippen molar-refractivity contribution in [2.45, 2.75) is 39.4 Å². The molecule has 20 heavy (non-hydrogen) atoms. The summed E-state index contributed by atoms with van der Waals surface area (Å²) in [6.45, 7) is 8.91. The van der Waals surface area contributed by atoms with E-state index in [1.165, 1.54) is 0 Å². The lowest BCUT2D eigenvalue weighted by atomic mass is 10.1. The van der Waals surface area contributed by atoms with Gasteiger partial charge in [0.05, 0.1) is 12.2 Å². The van der Waals surface area contributed by atoms with Gasteiger partial charge in [0.25, 0.3) is 0 Å². The Balaban J connectivity index is 2.27. The zero-order valence-corrected chi connectivity index (χ0v) is 12.8. The molecule has 114 valence electrons. The van der Waals surface area contributed by atoms with E-state index in [2.05, 4.69) is 5.32 Å². The average Bonchev–Trinajstić information content (AvgIpc) is 2.42. The second kappa shape index (κ2) is 9.75. The van der Waals surface area contributed by atoms with Crippen molar-refractivity contribution in [2.75, 3.05) is 26.3 Å². The maximum atomic E-state index is 10.1. The largest absolute Gasteiger partial charge is 0.491 e. The molecule has 4 nitrogen and oxygen atoms in total. The van der Waals surface area contributed by atoms with Gasteiger partial charge in [-0.05, 0) is 51.4 Å². The van der Waals surface area contributed by atoms with Crippen LogP contribution in [-0.2, 0) is 4.74 Å². The Morgan fingerprint density at radius 3 is 2.50 bits per heavy atom. The molecule has 4 heteroatoms. The smallest absolute Gasteiger partial charge is 0.119 e. The van der Waals surface area contributed by atoms with Gasteiger partial charge in [0.1, 0.15) is 5.75 Å². The van der Waals surface area contributed by atoms with E-state index in [0.717, 1.165) is 37.5 Å². The summed E-state index contributed by atoms with van der Waals surface area (Å²) in [7, 11) is 0. The molecule has 1 unspecified atom stereocenters. The maximum absolute atomic E-state index is 10.1. The third kappa shape index (κ3) is 6.89. The molecule has 0 radical (unpaired) electrons. The van der Waals surface area contributed by atoms with Crippen molar-refractivity contribution in [2.24, 2.45) is 0 Å². The van der Waals surface area contributed by atoms with Gasteiger partial charge in [-0.15, -0.1) is 0 Å². The molecule has 0 amide bonds. The van der Waals surface area contributed by atoms with E-state index in [9.17, 15) is 5.11 Å². The van der Waals surface area contributed by atoms with E-state index in [1.807, 2.05) is 45.0 Å². The van der Waals surface area contributed by atoms with Crippen molar-refractivity contribution in [3.63, 3.8) is 0 Å². The van der Waals surface area contributed by atoms with Crippen LogP contribution in [0.2, 0.25) is 0 Å². The van der Waals surface area contributed by atoms with Gasteiger partial charge in [-0.3, -0.25) is 0 Å². The van der Waals surface area contributed by atoms with Crippen LogP contribution in [0.25, 0.3) is 0 Å². The molecular weight excluding hydrogens is 254 g/mol. The van der Waals surface area contributed by atoms with Gasteiger partial charge in [-0.1, -0.05) is 12.1 Å². The Labute approximate surface area is 122 Å². The van der Waals surface area contributed by atoms with Gasteiger partial charge in [0.15, 0.2) is 0 Å². The first-order chi connectivity index (χ1) is 9.63.